The Hall–Kier alpha value is -0.960. The van der Waals surface area contributed by atoms with Gasteiger partial charge < -0.3 is 9.73 Å². The molecular formula is C13H18ClNO2. The van der Waals surface area contributed by atoms with E-state index in [-0.39, 0.29) is 11.3 Å². The lowest BCUT2D eigenvalue weighted by Gasteiger charge is -2.09. The number of rotatable bonds is 4. The maximum atomic E-state index is 11.8. The monoisotopic (exact) mass is 255 g/mol. The fourth-order valence-electron chi connectivity index (χ4n) is 2.21. The minimum Gasteiger partial charge on any atom is -0.456 e. The van der Waals surface area contributed by atoms with Gasteiger partial charge in [0.1, 0.15) is 5.76 Å². The molecule has 1 aromatic rings. The van der Waals surface area contributed by atoms with Crippen LogP contribution in [0.2, 0.25) is 0 Å². The molecule has 17 heavy (non-hydrogen) atoms. The van der Waals surface area contributed by atoms with E-state index in [0.29, 0.717) is 18.2 Å². The molecule has 3 nitrogen and oxygen atoms in total. The quantitative estimate of drug-likeness (QED) is 0.841. The van der Waals surface area contributed by atoms with E-state index in [1.807, 2.05) is 13.0 Å². The van der Waals surface area contributed by atoms with Gasteiger partial charge in [-0.2, -0.15) is 0 Å². The maximum absolute atomic E-state index is 11.8. The summed E-state index contributed by atoms with van der Waals surface area (Å²) in [6.07, 6.45) is 3.97. The highest BCUT2D eigenvalue weighted by atomic mass is 35.5. The summed E-state index contributed by atoms with van der Waals surface area (Å²) in [6, 6.07) is 3.58. The van der Waals surface area contributed by atoms with Crippen molar-refractivity contribution in [2.75, 3.05) is 6.54 Å². The van der Waals surface area contributed by atoms with E-state index in [1.54, 1.807) is 6.07 Å². The molecule has 2 rings (SSSR count). The SMILES string of the molecule is CCc1ccc(C(=O)NCC2CCC(Cl)C2)o1. The second-order valence-corrected chi connectivity index (χ2v) is 5.22. The molecule has 0 bridgehead atoms. The lowest BCUT2D eigenvalue weighted by Crippen LogP contribution is -2.28. The van der Waals surface area contributed by atoms with Gasteiger partial charge in [0.25, 0.3) is 5.91 Å². The van der Waals surface area contributed by atoms with E-state index in [0.717, 1.165) is 31.4 Å². The number of nitrogens with one attached hydrogen (secondary N) is 1. The largest absolute Gasteiger partial charge is 0.456 e. The van der Waals surface area contributed by atoms with Gasteiger partial charge in [0.15, 0.2) is 5.76 Å². The average Bonchev–Trinajstić information content (AvgIpc) is 2.94. The van der Waals surface area contributed by atoms with Gasteiger partial charge in [-0.3, -0.25) is 4.79 Å². The number of alkyl halides is 1. The smallest absolute Gasteiger partial charge is 0.287 e. The molecule has 1 heterocycles. The van der Waals surface area contributed by atoms with Crippen LogP contribution in [0.3, 0.4) is 0 Å². The Kier molecular flexibility index (Phi) is 4.11. The Labute approximate surface area is 107 Å². The molecule has 2 unspecified atom stereocenters. The minimum atomic E-state index is -0.122. The van der Waals surface area contributed by atoms with Gasteiger partial charge in [0.05, 0.1) is 0 Å². The molecule has 1 amide bonds. The van der Waals surface area contributed by atoms with Gasteiger partial charge in [0, 0.05) is 18.3 Å². The van der Waals surface area contributed by atoms with Crippen molar-refractivity contribution >= 4 is 17.5 Å². The Morgan fingerprint density at radius 2 is 2.35 bits per heavy atom. The summed E-state index contributed by atoms with van der Waals surface area (Å²) in [6.45, 7) is 2.70. The molecule has 0 radical (unpaired) electrons. The summed E-state index contributed by atoms with van der Waals surface area (Å²) < 4.78 is 5.39. The second kappa shape index (κ2) is 5.58. The number of furan rings is 1. The standard InChI is InChI=1S/C13H18ClNO2/c1-2-11-5-6-12(17-11)13(16)15-8-9-3-4-10(14)7-9/h5-6,9-10H,2-4,7-8H2,1H3,(H,15,16). The minimum absolute atomic E-state index is 0.122. The number of carbonyl (C=O) groups is 1. The summed E-state index contributed by atoms with van der Waals surface area (Å²) >= 11 is 6.03. The first-order chi connectivity index (χ1) is 8.19. The molecule has 1 aliphatic rings. The zero-order valence-electron chi connectivity index (χ0n) is 10.0. The predicted octanol–water partition coefficient (Wildman–Crippen LogP) is 2.98. The number of amides is 1. The van der Waals surface area contributed by atoms with E-state index in [2.05, 4.69) is 5.32 Å². The van der Waals surface area contributed by atoms with Crippen LogP contribution in [-0.2, 0) is 6.42 Å². The summed E-state index contributed by atoms with van der Waals surface area (Å²) in [5, 5.41) is 3.19. The third-order valence-corrected chi connectivity index (χ3v) is 3.66. The molecule has 94 valence electrons. The van der Waals surface area contributed by atoms with Crippen LogP contribution in [0.1, 0.15) is 42.5 Å². The lowest BCUT2D eigenvalue weighted by molar-refractivity contribution is 0.0918. The number of hydrogen-bond donors (Lipinski definition) is 1. The Morgan fingerprint density at radius 1 is 1.53 bits per heavy atom. The van der Waals surface area contributed by atoms with E-state index in [4.69, 9.17) is 16.0 Å². The molecule has 1 N–H and O–H groups in total. The van der Waals surface area contributed by atoms with Gasteiger partial charge in [-0.25, -0.2) is 0 Å². The van der Waals surface area contributed by atoms with Crippen LogP contribution in [0.15, 0.2) is 16.5 Å². The third kappa shape index (κ3) is 3.25. The van der Waals surface area contributed by atoms with Crippen molar-refractivity contribution in [1.29, 1.82) is 0 Å². The lowest BCUT2D eigenvalue weighted by atomic mass is 10.1. The zero-order valence-corrected chi connectivity index (χ0v) is 10.8. The van der Waals surface area contributed by atoms with Crippen molar-refractivity contribution in [3.63, 3.8) is 0 Å². The van der Waals surface area contributed by atoms with Crippen molar-refractivity contribution in [2.24, 2.45) is 5.92 Å². The number of aryl methyl sites for hydroxylation is 1. The highest BCUT2D eigenvalue weighted by molar-refractivity contribution is 6.20. The van der Waals surface area contributed by atoms with Crippen LogP contribution < -0.4 is 5.32 Å². The Bertz CT molecular complexity index is 389. The Balaban J connectivity index is 1.81. The number of carbonyl (C=O) groups excluding carboxylic acids is 1. The Morgan fingerprint density at radius 3 is 2.94 bits per heavy atom. The van der Waals surface area contributed by atoms with Crippen LogP contribution in [0.5, 0.6) is 0 Å². The second-order valence-electron chi connectivity index (χ2n) is 4.61. The van der Waals surface area contributed by atoms with Crippen molar-refractivity contribution in [1.82, 2.24) is 5.32 Å². The summed E-state index contributed by atoms with van der Waals surface area (Å²) in [4.78, 5) is 11.8. The van der Waals surface area contributed by atoms with Crippen LogP contribution in [0.25, 0.3) is 0 Å². The first-order valence-corrected chi connectivity index (χ1v) is 6.63. The first kappa shape index (κ1) is 12.5. The van der Waals surface area contributed by atoms with Crippen LogP contribution in [0.4, 0.5) is 0 Å². The molecule has 1 aliphatic carbocycles. The van der Waals surface area contributed by atoms with E-state index < -0.39 is 0 Å². The molecular weight excluding hydrogens is 238 g/mol. The maximum Gasteiger partial charge on any atom is 0.287 e. The van der Waals surface area contributed by atoms with E-state index >= 15 is 0 Å². The highest BCUT2D eigenvalue weighted by Gasteiger charge is 2.23. The summed E-state index contributed by atoms with van der Waals surface area (Å²) in [5.41, 5.74) is 0. The normalized spacial score (nSPS) is 23.9. The molecule has 0 saturated heterocycles. The molecule has 1 saturated carbocycles. The van der Waals surface area contributed by atoms with Gasteiger partial charge in [-0.15, -0.1) is 11.6 Å². The van der Waals surface area contributed by atoms with Crippen LogP contribution in [-0.4, -0.2) is 17.8 Å². The van der Waals surface area contributed by atoms with Crippen LogP contribution >= 0.6 is 11.6 Å². The molecule has 0 spiro atoms. The van der Waals surface area contributed by atoms with Crippen molar-refractivity contribution in [3.05, 3.63) is 23.7 Å². The van der Waals surface area contributed by atoms with E-state index in [9.17, 15) is 4.79 Å². The highest BCUT2D eigenvalue weighted by Crippen LogP contribution is 2.28. The molecule has 0 aliphatic heterocycles. The number of hydrogen-bond acceptors (Lipinski definition) is 2. The summed E-state index contributed by atoms with van der Waals surface area (Å²) in [7, 11) is 0. The van der Waals surface area contributed by atoms with Crippen LogP contribution in [0, 0.1) is 5.92 Å². The van der Waals surface area contributed by atoms with Gasteiger partial charge in [0.2, 0.25) is 0 Å². The van der Waals surface area contributed by atoms with Crippen molar-refractivity contribution in [3.8, 4) is 0 Å². The molecule has 0 aromatic carbocycles. The van der Waals surface area contributed by atoms with Gasteiger partial charge in [-0.05, 0) is 37.3 Å². The predicted molar refractivity (Wildman–Crippen MR) is 67.4 cm³/mol. The summed E-state index contributed by atoms with van der Waals surface area (Å²) in [5.74, 6) is 1.64. The molecule has 2 atom stereocenters. The topological polar surface area (TPSA) is 42.2 Å². The van der Waals surface area contributed by atoms with Crippen molar-refractivity contribution < 1.29 is 9.21 Å². The fraction of sp³-hybridized carbons (Fsp3) is 0.615. The van der Waals surface area contributed by atoms with Gasteiger partial charge >= 0.3 is 0 Å². The zero-order chi connectivity index (χ0) is 12.3. The van der Waals surface area contributed by atoms with E-state index in [1.165, 1.54) is 0 Å². The average molecular weight is 256 g/mol. The molecule has 1 aromatic heterocycles. The molecule has 1 fully saturated rings. The number of halogens is 1. The molecule has 4 heteroatoms. The fourth-order valence-corrected chi connectivity index (χ4v) is 2.59. The van der Waals surface area contributed by atoms with Crippen molar-refractivity contribution in [2.45, 2.75) is 38.0 Å². The third-order valence-electron chi connectivity index (χ3n) is 3.26. The van der Waals surface area contributed by atoms with Gasteiger partial charge in [-0.1, -0.05) is 6.92 Å². The first-order valence-electron chi connectivity index (χ1n) is 6.20.